The van der Waals surface area contributed by atoms with Gasteiger partial charge in [0.15, 0.2) is 0 Å². The van der Waals surface area contributed by atoms with Crippen molar-refractivity contribution in [2.24, 2.45) is 12.8 Å². The molecule has 0 fully saturated rings. The van der Waals surface area contributed by atoms with E-state index in [0.717, 1.165) is 6.07 Å². The second-order valence-corrected chi connectivity index (χ2v) is 6.18. The van der Waals surface area contributed by atoms with E-state index in [9.17, 15) is 12.8 Å². The van der Waals surface area contributed by atoms with Gasteiger partial charge in [0.2, 0.25) is 0 Å². The van der Waals surface area contributed by atoms with Crippen molar-refractivity contribution >= 4 is 27.3 Å². The Balaban J connectivity index is 2.46. The van der Waals surface area contributed by atoms with Crippen molar-refractivity contribution in [1.29, 1.82) is 0 Å². The number of rotatable bonds is 4. The first-order valence-corrected chi connectivity index (χ1v) is 7.39. The van der Waals surface area contributed by atoms with Crippen LogP contribution in [0.25, 0.3) is 0 Å². The Kier molecular flexibility index (Phi) is 3.98. The smallest absolute Gasteiger partial charge is 0.264 e. The van der Waals surface area contributed by atoms with Gasteiger partial charge in [0, 0.05) is 30.4 Å². The lowest BCUT2D eigenvalue weighted by Crippen LogP contribution is -2.16. The molecule has 6 nitrogen and oxygen atoms in total. The second-order valence-electron chi connectivity index (χ2n) is 4.09. The van der Waals surface area contributed by atoms with E-state index in [1.165, 1.54) is 23.1 Å². The summed E-state index contributed by atoms with van der Waals surface area (Å²) in [4.78, 5) is -0.547. The van der Waals surface area contributed by atoms with Crippen molar-refractivity contribution in [2.75, 3.05) is 4.72 Å². The fourth-order valence-electron chi connectivity index (χ4n) is 1.65. The van der Waals surface area contributed by atoms with Gasteiger partial charge in [-0.05, 0) is 12.1 Å². The molecule has 0 bridgehead atoms. The van der Waals surface area contributed by atoms with E-state index in [2.05, 4.69) is 9.82 Å². The predicted octanol–water partition coefficient (Wildman–Crippen LogP) is 1.47. The molecule has 2 aromatic rings. The summed E-state index contributed by atoms with van der Waals surface area (Å²) in [5.74, 6) is -0.909. The maximum atomic E-state index is 14.1. The molecule has 0 radical (unpaired) electrons. The van der Waals surface area contributed by atoms with Crippen LogP contribution in [0, 0.1) is 5.82 Å². The first-order chi connectivity index (χ1) is 9.33. The lowest BCUT2D eigenvalue weighted by atomic mass is 10.2. The fourth-order valence-corrected chi connectivity index (χ4v) is 3.13. The van der Waals surface area contributed by atoms with Gasteiger partial charge in [-0.3, -0.25) is 9.40 Å². The van der Waals surface area contributed by atoms with Crippen molar-refractivity contribution in [3.63, 3.8) is 0 Å². The minimum absolute atomic E-state index is 0.0315. The molecule has 1 aromatic carbocycles. The van der Waals surface area contributed by atoms with Crippen molar-refractivity contribution in [1.82, 2.24) is 9.78 Å². The third-order valence-corrected chi connectivity index (χ3v) is 4.14. The van der Waals surface area contributed by atoms with Crippen LogP contribution in [0.4, 0.5) is 10.1 Å². The first-order valence-electron chi connectivity index (χ1n) is 5.53. The number of aryl methyl sites for hydroxylation is 1. The van der Waals surface area contributed by atoms with E-state index in [4.69, 9.17) is 17.3 Å². The van der Waals surface area contributed by atoms with Gasteiger partial charge in [-0.1, -0.05) is 11.6 Å². The number of nitrogens with one attached hydrogen (secondary N) is 1. The van der Waals surface area contributed by atoms with E-state index >= 15 is 0 Å². The number of nitrogens with zero attached hydrogens (tertiary/aromatic N) is 2. The molecule has 0 spiro atoms. The highest BCUT2D eigenvalue weighted by Crippen LogP contribution is 2.25. The number of sulfonamides is 1. The van der Waals surface area contributed by atoms with Crippen LogP contribution >= 0.6 is 11.6 Å². The number of aromatic nitrogens is 2. The van der Waals surface area contributed by atoms with Crippen LogP contribution in [0.1, 0.15) is 5.56 Å². The highest BCUT2D eigenvalue weighted by Gasteiger charge is 2.22. The van der Waals surface area contributed by atoms with Gasteiger partial charge < -0.3 is 5.73 Å². The van der Waals surface area contributed by atoms with Crippen LogP contribution in [0.5, 0.6) is 0 Å². The molecule has 3 N–H and O–H groups in total. The molecule has 9 heteroatoms. The lowest BCUT2D eigenvalue weighted by molar-refractivity contribution is 0.561. The number of anilines is 1. The molecule has 0 saturated heterocycles. The average molecular weight is 319 g/mol. The van der Waals surface area contributed by atoms with Gasteiger partial charge in [-0.2, -0.15) is 5.10 Å². The van der Waals surface area contributed by atoms with Gasteiger partial charge in [0.1, 0.15) is 10.7 Å². The number of benzene rings is 1. The Morgan fingerprint density at radius 1 is 1.50 bits per heavy atom. The minimum atomic E-state index is -4.10. The molecule has 2 rings (SSSR count). The number of nitrogens with two attached hydrogens (primary N) is 1. The van der Waals surface area contributed by atoms with E-state index < -0.39 is 20.7 Å². The molecular formula is C11H12ClFN4O2S. The highest BCUT2D eigenvalue weighted by molar-refractivity contribution is 7.92. The maximum Gasteiger partial charge on any atom is 0.264 e. The Morgan fingerprint density at radius 3 is 2.75 bits per heavy atom. The molecule has 108 valence electrons. The fraction of sp³-hybridized carbons (Fsp3) is 0.182. The normalized spacial score (nSPS) is 11.6. The SMILES string of the molecule is Cn1cc(NS(=O)(=O)c2cc(Cl)cc(CN)c2F)cn1. The van der Waals surface area contributed by atoms with E-state index in [-0.39, 0.29) is 22.8 Å². The summed E-state index contributed by atoms with van der Waals surface area (Å²) < 4.78 is 42.0. The molecule has 0 saturated carbocycles. The molecule has 0 aliphatic rings. The van der Waals surface area contributed by atoms with Crippen LogP contribution in [0.2, 0.25) is 5.02 Å². The molecule has 1 aromatic heterocycles. The Morgan fingerprint density at radius 2 is 2.20 bits per heavy atom. The zero-order valence-electron chi connectivity index (χ0n) is 10.5. The first kappa shape index (κ1) is 14.8. The molecular weight excluding hydrogens is 307 g/mol. The van der Waals surface area contributed by atoms with Crippen molar-refractivity contribution in [3.05, 3.63) is 40.9 Å². The second kappa shape index (κ2) is 5.39. The largest absolute Gasteiger partial charge is 0.326 e. The summed E-state index contributed by atoms with van der Waals surface area (Å²) in [5.41, 5.74) is 5.62. The minimum Gasteiger partial charge on any atom is -0.326 e. The molecule has 0 amide bonds. The summed E-state index contributed by atoms with van der Waals surface area (Å²) in [6, 6.07) is 2.33. The van der Waals surface area contributed by atoms with Crippen molar-refractivity contribution in [2.45, 2.75) is 11.4 Å². The van der Waals surface area contributed by atoms with E-state index in [1.807, 2.05) is 0 Å². The highest BCUT2D eigenvalue weighted by atomic mass is 35.5. The standard InChI is InChI=1S/C11H12ClFN4O2S/c1-17-6-9(5-15-17)16-20(18,19)10-3-8(12)2-7(4-14)11(10)13/h2-3,5-6,16H,4,14H2,1H3. The zero-order valence-corrected chi connectivity index (χ0v) is 12.0. The summed E-state index contributed by atoms with van der Waals surface area (Å²) in [5, 5.41) is 3.91. The van der Waals surface area contributed by atoms with Gasteiger partial charge >= 0.3 is 0 Å². The number of hydrogen-bond donors (Lipinski definition) is 2. The quantitative estimate of drug-likeness (QED) is 0.893. The van der Waals surface area contributed by atoms with Crippen LogP contribution in [0.3, 0.4) is 0 Å². The molecule has 0 unspecified atom stereocenters. The summed E-state index contributed by atoms with van der Waals surface area (Å²) in [6.45, 7) is -0.151. The van der Waals surface area contributed by atoms with Crippen LogP contribution in [-0.2, 0) is 23.6 Å². The third kappa shape index (κ3) is 2.92. The van der Waals surface area contributed by atoms with Gasteiger partial charge in [0.05, 0.1) is 11.9 Å². The van der Waals surface area contributed by atoms with E-state index in [0.29, 0.717) is 0 Å². The van der Waals surface area contributed by atoms with E-state index in [1.54, 1.807) is 7.05 Å². The van der Waals surface area contributed by atoms with Gasteiger partial charge in [-0.25, -0.2) is 12.8 Å². The van der Waals surface area contributed by atoms with Crippen LogP contribution in [0.15, 0.2) is 29.4 Å². The Labute approximate surface area is 120 Å². The third-order valence-electron chi connectivity index (χ3n) is 2.55. The molecule has 1 heterocycles. The summed E-state index contributed by atoms with van der Waals surface area (Å²) in [6.07, 6.45) is 2.76. The van der Waals surface area contributed by atoms with Crippen molar-refractivity contribution < 1.29 is 12.8 Å². The molecule has 0 aliphatic carbocycles. The van der Waals surface area contributed by atoms with Gasteiger partial charge in [0.25, 0.3) is 10.0 Å². The Bertz CT molecular complexity index is 745. The van der Waals surface area contributed by atoms with Gasteiger partial charge in [-0.15, -0.1) is 0 Å². The van der Waals surface area contributed by atoms with Crippen LogP contribution < -0.4 is 10.5 Å². The maximum absolute atomic E-state index is 14.1. The number of hydrogen-bond acceptors (Lipinski definition) is 4. The molecule has 0 atom stereocenters. The summed E-state index contributed by atoms with van der Waals surface area (Å²) >= 11 is 5.78. The molecule has 0 aliphatic heterocycles. The molecule has 20 heavy (non-hydrogen) atoms. The average Bonchev–Trinajstić information content (AvgIpc) is 2.76. The summed E-state index contributed by atoms with van der Waals surface area (Å²) in [7, 11) is -2.47. The predicted molar refractivity (Wildman–Crippen MR) is 73.3 cm³/mol. The lowest BCUT2D eigenvalue weighted by Gasteiger charge is -2.10. The topological polar surface area (TPSA) is 90.0 Å². The monoisotopic (exact) mass is 318 g/mol. The zero-order chi connectivity index (χ0) is 14.9. The Hall–Kier alpha value is -1.64. The number of halogens is 2. The van der Waals surface area contributed by atoms with Crippen molar-refractivity contribution in [3.8, 4) is 0 Å². The van der Waals surface area contributed by atoms with Crippen LogP contribution in [-0.4, -0.2) is 18.2 Å².